The van der Waals surface area contributed by atoms with Crippen LogP contribution in [-0.4, -0.2) is 46.2 Å². The van der Waals surface area contributed by atoms with Crippen LogP contribution in [0.5, 0.6) is 0 Å². The maximum Gasteiger partial charge on any atom is 0.328 e. The molecule has 1 unspecified atom stereocenters. The molecule has 18 heavy (non-hydrogen) atoms. The average molecular weight is 260 g/mol. The van der Waals surface area contributed by atoms with Crippen molar-refractivity contribution in [3.63, 3.8) is 0 Å². The lowest BCUT2D eigenvalue weighted by atomic mass is 10.2. The molecule has 3 N–H and O–H groups in total. The second-order valence-electron chi connectivity index (χ2n) is 3.63. The van der Waals surface area contributed by atoms with Gasteiger partial charge in [-0.15, -0.1) is 0 Å². The van der Waals surface area contributed by atoms with Crippen molar-refractivity contribution in [2.45, 2.75) is 18.9 Å². The molecule has 104 valence electrons. The summed E-state index contributed by atoms with van der Waals surface area (Å²) in [4.78, 5) is 23.0. The molecule has 0 aliphatic heterocycles. The Morgan fingerprint density at radius 3 is 2.50 bits per heavy atom. The van der Waals surface area contributed by atoms with Crippen molar-refractivity contribution in [3.05, 3.63) is 33.1 Å². The number of hydrogen-bond donors (Lipinski definition) is 3. The minimum absolute atomic E-state index is 0.0382. The van der Waals surface area contributed by atoms with E-state index < -0.39 is 0 Å². The van der Waals surface area contributed by atoms with Gasteiger partial charge in [0.05, 0.1) is 12.7 Å². The van der Waals surface area contributed by atoms with Gasteiger partial charge in [0.15, 0.2) is 0 Å². The first-order valence-electron chi connectivity index (χ1n) is 5.55. The summed E-state index contributed by atoms with van der Waals surface area (Å²) >= 11 is 0. The largest absolute Gasteiger partial charge is 0.396 e. The Balaban J connectivity index is 0.000000321. The topological polar surface area (TPSA) is 105 Å². The summed E-state index contributed by atoms with van der Waals surface area (Å²) in [6.07, 6.45) is 2.74. The first kappa shape index (κ1) is 16.6. The lowest BCUT2D eigenvalue weighted by Gasteiger charge is -2.09. The third-order valence-corrected chi connectivity index (χ3v) is 2.22. The quantitative estimate of drug-likeness (QED) is 0.619. The summed E-state index contributed by atoms with van der Waals surface area (Å²) in [5, 5.41) is 16.9. The standard InChI is InChI=1S/C6H14O3.C5H6N2O2/c1-9-6(5-8)3-2-4-7;1-7-3-2-4(8)6-5(7)9/h6-8H,2-5H2,1H3;2-3H,1H3,(H,6,8,9). The van der Waals surface area contributed by atoms with Gasteiger partial charge >= 0.3 is 5.69 Å². The fourth-order valence-corrected chi connectivity index (χ4v) is 1.09. The van der Waals surface area contributed by atoms with Crippen molar-refractivity contribution in [2.75, 3.05) is 20.3 Å². The zero-order chi connectivity index (χ0) is 14.0. The lowest BCUT2D eigenvalue weighted by Crippen LogP contribution is -2.26. The van der Waals surface area contributed by atoms with Gasteiger partial charge < -0.3 is 19.5 Å². The summed E-state index contributed by atoms with van der Waals surface area (Å²) < 4.78 is 6.13. The molecule has 0 aromatic carbocycles. The maximum absolute atomic E-state index is 10.5. The molecule has 1 aromatic rings. The summed E-state index contributed by atoms with van der Waals surface area (Å²) in [5.74, 6) is 0. The fourth-order valence-electron chi connectivity index (χ4n) is 1.09. The number of H-pyrrole nitrogens is 1. The van der Waals surface area contributed by atoms with Crippen molar-refractivity contribution in [3.8, 4) is 0 Å². The molecule has 0 saturated heterocycles. The van der Waals surface area contributed by atoms with E-state index in [4.69, 9.17) is 14.9 Å². The van der Waals surface area contributed by atoms with E-state index in [0.29, 0.717) is 6.42 Å². The molecule has 7 heteroatoms. The van der Waals surface area contributed by atoms with Gasteiger partial charge in [-0.25, -0.2) is 4.79 Å². The van der Waals surface area contributed by atoms with Crippen LogP contribution in [0.2, 0.25) is 0 Å². The molecule has 0 aliphatic carbocycles. The maximum atomic E-state index is 10.5. The zero-order valence-electron chi connectivity index (χ0n) is 10.6. The highest BCUT2D eigenvalue weighted by atomic mass is 16.5. The zero-order valence-corrected chi connectivity index (χ0v) is 10.6. The number of aliphatic hydroxyl groups excluding tert-OH is 2. The predicted molar refractivity (Wildman–Crippen MR) is 66.5 cm³/mol. The molecular formula is C11H20N2O5. The number of aromatic amines is 1. The molecule has 1 aromatic heterocycles. The lowest BCUT2D eigenvalue weighted by molar-refractivity contribution is 0.0387. The smallest absolute Gasteiger partial charge is 0.328 e. The number of rotatable bonds is 5. The molecule has 0 saturated carbocycles. The molecule has 0 radical (unpaired) electrons. The number of aliphatic hydroxyl groups is 2. The van der Waals surface area contributed by atoms with Gasteiger partial charge in [-0.2, -0.15) is 0 Å². The van der Waals surface area contributed by atoms with E-state index in [1.807, 2.05) is 0 Å². The Bertz CT molecular complexity index is 422. The number of aromatic nitrogens is 2. The van der Waals surface area contributed by atoms with Crippen LogP contribution in [0.3, 0.4) is 0 Å². The van der Waals surface area contributed by atoms with Crippen LogP contribution in [0.25, 0.3) is 0 Å². The normalized spacial score (nSPS) is 11.6. The summed E-state index contributed by atoms with van der Waals surface area (Å²) in [7, 11) is 3.12. The van der Waals surface area contributed by atoms with E-state index in [1.54, 1.807) is 14.2 Å². The SMILES string of the molecule is COC(CO)CCCO.Cn1ccc(=O)[nH]c1=O. The van der Waals surface area contributed by atoms with Crippen molar-refractivity contribution in [1.29, 1.82) is 0 Å². The van der Waals surface area contributed by atoms with E-state index in [9.17, 15) is 9.59 Å². The van der Waals surface area contributed by atoms with E-state index in [-0.39, 0.29) is 30.6 Å². The van der Waals surface area contributed by atoms with Crippen LogP contribution < -0.4 is 11.2 Å². The van der Waals surface area contributed by atoms with Crippen LogP contribution in [0.1, 0.15) is 12.8 Å². The molecule has 7 nitrogen and oxygen atoms in total. The summed E-state index contributed by atoms with van der Waals surface area (Å²) in [6.45, 7) is 0.205. The Kier molecular flexibility index (Phi) is 8.81. The van der Waals surface area contributed by atoms with Crippen LogP contribution >= 0.6 is 0 Å². The number of nitrogens with zero attached hydrogens (tertiary/aromatic N) is 1. The van der Waals surface area contributed by atoms with Gasteiger partial charge in [-0.1, -0.05) is 0 Å². The average Bonchev–Trinajstić information content (AvgIpc) is 2.36. The van der Waals surface area contributed by atoms with E-state index in [1.165, 1.54) is 16.8 Å². The molecular weight excluding hydrogens is 240 g/mol. The number of ether oxygens (including phenoxy) is 1. The van der Waals surface area contributed by atoms with Gasteiger partial charge in [0.2, 0.25) is 0 Å². The number of aryl methyl sites for hydroxylation is 1. The minimum Gasteiger partial charge on any atom is -0.396 e. The molecule has 0 spiro atoms. The van der Waals surface area contributed by atoms with Gasteiger partial charge in [-0.05, 0) is 12.8 Å². The van der Waals surface area contributed by atoms with E-state index >= 15 is 0 Å². The Labute approximate surface area is 105 Å². The molecule has 0 aliphatic rings. The van der Waals surface area contributed by atoms with Crippen molar-refractivity contribution < 1.29 is 14.9 Å². The van der Waals surface area contributed by atoms with Crippen molar-refractivity contribution in [2.24, 2.45) is 7.05 Å². The molecule has 0 amide bonds. The Morgan fingerprint density at radius 2 is 2.11 bits per heavy atom. The van der Waals surface area contributed by atoms with E-state index in [0.717, 1.165) is 6.42 Å². The molecule has 0 fully saturated rings. The van der Waals surface area contributed by atoms with Crippen LogP contribution in [0, 0.1) is 0 Å². The molecule has 1 heterocycles. The van der Waals surface area contributed by atoms with Gasteiger partial charge in [0.25, 0.3) is 5.56 Å². The molecule has 1 rings (SSSR count). The second-order valence-corrected chi connectivity index (χ2v) is 3.63. The van der Waals surface area contributed by atoms with Crippen LogP contribution in [-0.2, 0) is 11.8 Å². The number of methoxy groups -OCH3 is 1. The van der Waals surface area contributed by atoms with Crippen molar-refractivity contribution >= 4 is 0 Å². The number of nitrogens with one attached hydrogen (secondary N) is 1. The highest BCUT2D eigenvalue weighted by Gasteiger charge is 2.02. The van der Waals surface area contributed by atoms with Gasteiger partial charge in [0.1, 0.15) is 0 Å². The van der Waals surface area contributed by atoms with Gasteiger partial charge in [-0.3, -0.25) is 9.78 Å². The number of hydrogen-bond acceptors (Lipinski definition) is 5. The first-order valence-corrected chi connectivity index (χ1v) is 5.55. The fraction of sp³-hybridized carbons (Fsp3) is 0.636. The first-order chi connectivity index (χ1) is 8.54. The molecule has 0 bridgehead atoms. The monoisotopic (exact) mass is 260 g/mol. The highest BCUT2D eigenvalue weighted by molar-refractivity contribution is 4.80. The van der Waals surface area contributed by atoms with E-state index in [2.05, 4.69) is 4.98 Å². The van der Waals surface area contributed by atoms with Crippen molar-refractivity contribution in [1.82, 2.24) is 9.55 Å². The highest BCUT2D eigenvalue weighted by Crippen LogP contribution is 1.98. The minimum atomic E-state index is -0.387. The second kappa shape index (κ2) is 9.58. The predicted octanol–water partition coefficient (Wildman–Crippen LogP) is -1.16. The Morgan fingerprint density at radius 1 is 1.44 bits per heavy atom. The molecule has 1 atom stereocenters. The third-order valence-electron chi connectivity index (χ3n) is 2.22. The third kappa shape index (κ3) is 7.00. The summed E-state index contributed by atoms with van der Waals surface area (Å²) in [6, 6.07) is 1.29. The van der Waals surface area contributed by atoms with Crippen LogP contribution in [0.15, 0.2) is 21.9 Å². The Hall–Kier alpha value is -1.44. The van der Waals surface area contributed by atoms with Crippen LogP contribution in [0.4, 0.5) is 0 Å². The van der Waals surface area contributed by atoms with Gasteiger partial charge in [0, 0.05) is 33.0 Å². The summed E-state index contributed by atoms with van der Waals surface area (Å²) in [5.41, 5.74) is -0.749.